The van der Waals surface area contributed by atoms with E-state index in [4.69, 9.17) is 4.74 Å². The van der Waals surface area contributed by atoms with Crippen LogP contribution in [0.5, 0.6) is 0 Å². The Bertz CT molecular complexity index is 1040. The number of thiophene rings is 1. The van der Waals surface area contributed by atoms with Crippen LogP contribution in [0.3, 0.4) is 0 Å². The van der Waals surface area contributed by atoms with Gasteiger partial charge in [-0.2, -0.15) is 0 Å². The van der Waals surface area contributed by atoms with E-state index < -0.39 is 0 Å². The number of carbonyl (C=O) groups excluding carboxylic acids is 2. The van der Waals surface area contributed by atoms with Crippen molar-refractivity contribution in [2.45, 2.75) is 26.4 Å². The van der Waals surface area contributed by atoms with Crippen molar-refractivity contribution in [1.82, 2.24) is 9.80 Å². The number of benzene rings is 2. The molecule has 0 atom stereocenters. The average Bonchev–Trinajstić information content (AvgIpc) is 3.22. The van der Waals surface area contributed by atoms with Crippen LogP contribution in [0.4, 0.5) is 4.39 Å². The smallest absolute Gasteiger partial charge is 0.242 e. The lowest BCUT2D eigenvalue weighted by Gasteiger charge is -2.27. The standard InChI is InChI=1S/C26H29FN2O3S/c1-20-8-13-24(33-20)18-29(17-22-6-4-3-5-7-22)26(31)19-28(14-15-32-2)25(30)16-21-9-11-23(27)12-10-21/h3-13H,14-19H2,1-2H3. The molecule has 5 nitrogen and oxygen atoms in total. The van der Waals surface area contributed by atoms with E-state index in [0.717, 1.165) is 10.4 Å². The lowest BCUT2D eigenvalue weighted by atomic mass is 10.1. The number of nitrogens with zero attached hydrogens (tertiary/aromatic N) is 2. The van der Waals surface area contributed by atoms with Gasteiger partial charge in [0, 0.05) is 30.0 Å². The minimum Gasteiger partial charge on any atom is -0.383 e. The van der Waals surface area contributed by atoms with Gasteiger partial charge in [0.05, 0.1) is 26.1 Å². The maximum absolute atomic E-state index is 13.4. The van der Waals surface area contributed by atoms with Crippen molar-refractivity contribution in [2.24, 2.45) is 0 Å². The third-order valence-electron chi connectivity index (χ3n) is 5.22. The van der Waals surface area contributed by atoms with Gasteiger partial charge in [-0.25, -0.2) is 4.39 Å². The highest BCUT2D eigenvalue weighted by atomic mass is 32.1. The van der Waals surface area contributed by atoms with E-state index in [1.807, 2.05) is 49.4 Å². The van der Waals surface area contributed by atoms with E-state index in [0.29, 0.717) is 31.8 Å². The van der Waals surface area contributed by atoms with Gasteiger partial charge >= 0.3 is 0 Å². The third kappa shape index (κ3) is 7.80. The number of carbonyl (C=O) groups is 2. The fraction of sp³-hybridized carbons (Fsp3) is 0.308. The summed E-state index contributed by atoms with van der Waals surface area (Å²) in [5.41, 5.74) is 1.73. The Labute approximate surface area is 198 Å². The zero-order valence-electron chi connectivity index (χ0n) is 19.0. The Morgan fingerprint density at radius 2 is 1.61 bits per heavy atom. The molecule has 2 aromatic carbocycles. The van der Waals surface area contributed by atoms with Crippen molar-refractivity contribution in [2.75, 3.05) is 26.8 Å². The number of methoxy groups -OCH3 is 1. The molecule has 33 heavy (non-hydrogen) atoms. The Kier molecular flexibility index (Phi) is 9.15. The molecule has 3 aromatic rings. The van der Waals surface area contributed by atoms with E-state index in [9.17, 15) is 14.0 Å². The number of rotatable bonds is 11. The number of ether oxygens (including phenoxy) is 1. The van der Waals surface area contributed by atoms with Gasteiger partial charge in [-0.1, -0.05) is 42.5 Å². The van der Waals surface area contributed by atoms with Crippen molar-refractivity contribution >= 4 is 23.2 Å². The lowest BCUT2D eigenvalue weighted by Crippen LogP contribution is -2.44. The number of amides is 2. The highest BCUT2D eigenvalue weighted by molar-refractivity contribution is 7.11. The molecule has 0 fully saturated rings. The topological polar surface area (TPSA) is 49.9 Å². The summed E-state index contributed by atoms with van der Waals surface area (Å²) in [6.07, 6.45) is 0.0973. The lowest BCUT2D eigenvalue weighted by molar-refractivity contribution is -0.141. The van der Waals surface area contributed by atoms with Gasteiger partial charge in [0.15, 0.2) is 0 Å². The van der Waals surface area contributed by atoms with Crippen LogP contribution < -0.4 is 0 Å². The maximum Gasteiger partial charge on any atom is 0.242 e. The molecule has 0 N–H and O–H groups in total. The van der Waals surface area contributed by atoms with Crippen molar-refractivity contribution < 1.29 is 18.7 Å². The zero-order chi connectivity index (χ0) is 23.6. The predicted molar refractivity (Wildman–Crippen MR) is 128 cm³/mol. The maximum atomic E-state index is 13.4. The summed E-state index contributed by atoms with van der Waals surface area (Å²) < 4.78 is 18.4. The normalized spacial score (nSPS) is 10.8. The minimum atomic E-state index is -0.349. The molecule has 0 spiro atoms. The molecule has 1 aromatic heterocycles. The van der Waals surface area contributed by atoms with Crippen molar-refractivity contribution in [3.05, 3.63) is 93.4 Å². The third-order valence-corrected chi connectivity index (χ3v) is 6.21. The van der Waals surface area contributed by atoms with Crippen LogP contribution in [0.25, 0.3) is 0 Å². The second kappa shape index (κ2) is 12.3. The molecule has 0 aliphatic heterocycles. The van der Waals surface area contributed by atoms with E-state index in [-0.39, 0.29) is 30.6 Å². The summed E-state index contributed by atoms with van der Waals surface area (Å²) in [5, 5.41) is 0. The van der Waals surface area contributed by atoms with Gasteiger partial charge in [0.25, 0.3) is 0 Å². The van der Waals surface area contributed by atoms with Crippen LogP contribution in [0.2, 0.25) is 0 Å². The Hall–Kier alpha value is -3.03. The van der Waals surface area contributed by atoms with Crippen molar-refractivity contribution in [3.63, 3.8) is 0 Å². The predicted octanol–water partition coefficient (Wildman–Crippen LogP) is 4.44. The van der Waals surface area contributed by atoms with Gasteiger partial charge in [-0.3, -0.25) is 9.59 Å². The highest BCUT2D eigenvalue weighted by Crippen LogP contribution is 2.19. The molecule has 0 bridgehead atoms. The van der Waals surface area contributed by atoms with Crippen LogP contribution in [0.15, 0.2) is 66.7 Å². The van der Waals surface area contributed by atoms with Gasteiger partial charge in [0.1, 0.15) is 5.82 Å². The van der Waals surface area contributed by atoms with Crippen molar-refractivity contribution in [3.8, 4) is 0 Å². The van der Waals surface area contributed by atoms with Crippen LogP contribution in [-0.2, 0) is 33.8 Å². The molecule has 0 aliphatic rings. The Morgan fingerprint density at radius 1 is 0.879 bits per heavy atom. The van der Waals surface area contributed by atoms with Gasteiger partial charge in [-0.05, 0) is 42.3 Å². The van der Waals surface area contributed by atoms with E-state index in [2.05, 4.69) is 0 Å². The van der Waals surface area contributed by atoms with Crippen molar-refractivity contribution in [1.29, 1.82) is 0 Å². The van der Waals surface area contributed by atoms with Crippen LogP contribution in [0.1, 0.15) is 20.9 Å². The number of hydrogen-bond acceptors (Lipinski definition) is 4. The van der Waals surface area contributed by atoms with Gasteiger partial charge in [-0.15, -0.1) is 11.3 Å². The van der Waals surface area contributed by atoms with Gasteiger partial charge in [0.2, 0.25) is 11.8 Å². The molecule has 0 saturated carbocycles. The first kappa shape index (κ1) is 24.6. The first-order valence-electron chi connectivity index (χ1n) is 10.8. The second-order valence-corrected chi connectivity index (χ2v) is 9.23. The zero-order valence-corrected chi connectivity index (χ0v) is 19.8. The first-order chi connectivity index (χ1) is 15.9. The summed E-state index contributed by atoms with van der Waals surface area (Å²) in [7, 11) is 1.56. The van der Waals surface area contributed by atoms with E-state index in [1.54, 1.807) is 35.5 Å². The van der Waals surface area contributed by atoms with Crippen LogP contribution in [0, 0.1) is 12.7 Å². The molecule has 0 saturated heterocycles. The number of aryl methyl sites for hydroxylation is 1. The van der Waals surface area contributed by atoms with Crippen LogP contribution in [-0.4, -0.2) is 48.4 Å². The summed E-state index contributed by atoms with van der Waals surface area (Å²) in [5.74, 6) is -0.676. The molecular weight excluding hydrogens is 439 g/mol. The molecule has 0 unspecified atom stereocenters. The summed E-state index contributed by atoms with van der Waals surface area (Å²) >= 11 is 1.66. The molecular formula is C26H29FN2O3S. The fourth-order valence-corrected chi connectivity index (χ4v) is 4.35. The number of halogens is 1. The average molecular weight is 469 g/mol. The SMILES string of the molecule is COCCN(CC(=O)N(Cc1ccccc1)Cc1ccc(C)s1)C(=O)Cc1ccc(F)cc1. The van der Waals surface area contributed by atoms with E-state index in [1.165, 1.54) is 21.9 Å². The van der Waals surface area contributed by atoms with Crippen LogP contribution >= 0.6 is 11.3 Å². The van der Waals surface area contributed by atoms with Gasteiger partial charge < -0.3 is 14.5 Å². The fourth-order valence-electron chi connectivity index (χ4n) is 3.44. The molecule has 7 heteroatoms. The molecule has 2 amide bonds. The van der Waals surface area contributed by atoms with E-state index >= 15 is 0 Å². The first-order valence-corrected chi connectivity index (χ1v) is 11.6. The largest absolute Gasteiger partial charge is 0.383 e. The summed E-state index contributed by atoms with van der Waals surface area (Å²) in [6, 6.07) is 19.7. The summed E-state index contributed by atoms with van der Waals surface area (Å²) in [6.45, 7) is 3.57. The Morgan fingerprint density at radius 3 is 2.24 bits per heavy atom. The second-order valence-electron chi connectivity index (χ2n) is 7.86. The minimum absolute atomic E-state index is 0.0411. The molecule has 174 valence electrons. The summed E-state index contributed by atoms with van der Waals surface area (Å²) in [4.78, 5) is 32.0. The monoisotopic (exact) mass is 468 g/mol. The Balaban J connectivity index is 1.74. The quantitative estimate of drug-likeness (QED) is 0.418. The number of hydrogen-bond donors (Lipinski definition) is 0. The molecule has 3 rings (SSSR count). The molecule has 1 heterocycles. The molecule has 0 aliphatic carbocycles. The molecule has 0 radical (unpaired) electrons. The highest BCUT2D eigenvalue weighted by Gasteiger charge is 2.22.